The molecule has 7 rings (SSSR count). The van der Waals surface area contributed by atoms with E-state index in [1.807, 2.05) is 31.2 Å². The fourth-order valence-electron chi connectivity index (χ4n) is 8.24. The Hall–Kier alpha value is -4.89. The number of fused-ring (bicyclic) bond motifs is 4. The van der Waals surface area contributed by atoms with E-state index in [1.165, 1.54) is 16.7 Å². The summed E-state index contributed by atoms with van der Waals surface area (Å²) in [6, 6.07) is 22.7. The molecular formula is C37H34N2O7. The summed E-state index contributed by atoms with van der Waals surface area (Å²) in [6.07, 6.45) is 2.62. The number of amides is 4. The van der Waals surface area contributed by atoms with Gasteiger partial charge in [0, 0.05) is 11.5 Å². The molecule has 3 aromatic carbocycles. The molecule has 0 unspecified atom stereocenters. The number of benzene rings is 3. The van der Waals surface area contributed by atoms with Gasteiger partial charge in [-0.1, -0.05) is 42.0 Å². The standard InChI is InChI=1S/C37H34N2O7/c1-21(41)22-8-12-25(13-9-22)38-33(42)28-17-16-27-29(31(28)35(38)44)20-30-34(43)39(24-6-4-3-5-7-24)36(45)37(30,2)32(27)23-10-14-26(15-11-23)46-19-18-40/h3-16,28-32,40H,17-20H2,1-2H3/t28-,29+,30-,31-,32-,37+/m0/s1. The molecule has 0 bridgehead atoms. The lowest BCUT2D eigenvalue weighted by atomic mass is 9.51. The summed E-state index contributed by atoms with van der Waals surface area (Å²) in [6.45, 7) is 3.33. The number of imide groups is 2. The van der Waals surface area contributed by atoms with E-state index in [0.717, 1.165) is 11.1 Å². The minimum absolute atomic E-state index is 0.113. The molecule has 3 aromatic rings. The molecule has 2 aliphatic heterocycles. The highest BCUT2D eigenvalue weighted by atomic mass is 16.5. The summed E-state index contributed by atoms with van der Waals surface area (Å²) in [5.74, 6) is -3.72. The smallest absolute Gasteiger partial charge is 0.241 e. The highest BCUT2D eigenvalue weighted by molar-refractivity contribution is 6.25. The molecule has 9 heteroatoms. The van der Waals surface area contributed by atoms with E-state index in [9.17, 15) is 29.1 Å². The van der Waals surface area contributed by atoms with Gasteiger partial charge in [-0.2, -0.15) is 0 Å². The number of aliphatic hydroxyl groups is 1. The molecule has 0 radical (unpaired) electrons. The summed E-state index contributed by atoms with van der Waals surface area (Å²) >= 11 is 0. The van der Waals surface area contributed by atoms with Gasteiger partial charge in [-0.25, -0.2) is 4.90 Å². The van der Waals surface area contributed by atoms with Crippen LogP contribution in [0.1, 0.15) is 48.5 Å². The second-order valence-electron chi connectivity index (χ2n) is 12.8. The van der Waals surface area contributed by atoms with Gasteiger partial charge in [0.2, 0.25) is 23.6 Å². The third-order valence-electron chi connectivity index (χ3n) is 10.4. The lowest BCUT2D eigenvalue weighted by molar-refractivity contribution is -0.131. The maximum atomic E-state index is 14.5. The van der Waals surface area contributed by atoms with Crippen molar-refractivity contribution >= 4 is 40.8 Å². The van der Waals surface area contributed by atoms with E-state index in [1.54, 1.807) is 60.7 Å². The zero-order valence-electron chi connectivity index (χ0n) is 25.6. The lowest BCUT2D eigenvalue weighted by Crippen LogP contribution is -2.48. The van der Waals surface area contributed by atoms with Crippen LogP contribution in [0.3, 0.4) is 0 Å². The van der Waals surface area contributed by atoms with Crippen LogP contribution < -0.4 is 14.5 Å². The molecule has 4 amide bonds. The predicted octanol–water partition coefficient (Wildman–Crippen LogP) is 4.70. The number of ether oxygens (including phenoxy) is 1. The molecule has 9 nitrogen and oxygen atoms in total. The Balaban J connectivity index is 1.31. The Morgan fingerprint density at radius 1 is 0.848 bits per heavy atom. The van der Waals surface area contributed by atoms with Crippen LogP contribution in [0.25, 0.3) is 0 Å². The van der Waals surface area contributed by atoms with Crippen molar-refractivity contribution in [3.05, 3.63) is 102 Å². The molecule has 6 atom stereocenters. The Morgan fingerprint density at radius 3 is 2.17 bits per heavy atom. The number of para-hydroxylation sites is 1. The third-order valence-corrected chi connectivity index (χ3v) is 10.4. The Kier molecular flexibility index (Phi) is 7.24. The zero-order valence-corrected chi connectivity index (χ0v) is 25.6. The largest absolute Gasteiger partial charge is 0.491 e. The minimum Gasteiger partial charge on any atom is -0.491 e. The Morgan fingerprint density at radius 2 is 1.52 bits per heavy atom. The number of carbonyl (C=O) groups is 5. The van der Waals surface area contributed by atoms with Crippen molar-refractivity contribution in [2.45, 2.75) is 32.6 Å². The monoisotopic (exact) mass is 618 g/mol. The second kappa shape index (κ2) is 11.2. The number of rotatable bonds is 7. The molecule has 2 heterocycles. The number of anilines is 2. The summed E-state index contributed by atoms with van der Waals surface area (Å²) < 4.78 is 5.59. The summed E-state index contributed by atoms with van der Waals surface area (Å²) in [7, 11) is 0. The van der Waals surface area contributed by atoms with Crippen LogP contribution in [0.4, 0.5) is 11.4 Å². The molecule has 0 aromatic heterocycles. The summed E-state index contributed by atoms with van der Waals surface area (Å²) in [5, 5.41) is 9.19. The van der Waals surface area contributed by atoms with Crippen LogP contribution in [0.5, 0.6) is 5.75 Å². The maximum absolute atomic E-state index is 14.5. The SMILES string of the molecule is CC(=O)c1ccc(N2C(=O)[C@H]3[C@H](CC=C4[C@H]3C[C@H]3C(=O)N(c5ccccc5)C(=O)[C@@]3(C)[C@H]4c3ccc(OCCO)cc3)C2=O)cc1. The Labute approximate surface area is 266 Å². The summed E-state index contributed by atoms with van der Waals surface area (Å²) in [5.41, 5.74) is 1.97. The van der Waals surface area contributed by atoms with Crippen LogP contribution in [0, 0.1) is 29.1 Å². The first kappa shape index (κ1) is 29.8. The van der Waals surface area contributed by atoms with E-state index in [2.05, 4.69) is 0 Å². The van der Waals surface area contributed by atoms with Gasteiger partial charge in [0.05, 0.1) is 41.2 Å². The first-order valence-corrected chi connectivity index (χ1v) is 15.6. The first-order valence-electron chi connectivity index (χ1n) is 15.6. The number of Topliss-reactive ketones (excluding diaryl/α,β-unsaturated/α-hetero) is 1. The van der Waals surface area contributed by atoms with Gasteiger partial charge in [0.1, 0.15) is 12.4 Å². The number of ketones is 1. The second-order valence-corrected chi connectivity index (χ2v) is 12.8. The average Bonchev–Trinajstić information content (AvgIpc) is 3.44. The number of aliphatic hydroxyl groups excluding tert-OH is 1. The van der Waals surface area contributed by atoms with E-state index in [4.69, 9.17) is 4.74 Å². The molecule has 2 aliphatic carbocycles. The normalized spacial score (nSPS) is 28.5. The highest BCUT2D eigenvalue weighted by Gasteiger charge is 2.67. The topological polar surface area (TPSA) is 121 Å². The van der Waals surface area contributed by atoms with E-state index >= 15 is 0 Å². The van der Waals surface area contributed by atoms with Gasteiger partial charge in [0.25, 0.3) is 0 Å². The van der Waals surface area contributed by atoms with Gasteiger partial charge >= 0.3 is 0 Å². The molecule has 46 heavy (non-hydrogen) atoms. The number of hydrogen-bond donors (Lipinski definition) is 1. The first-order chi connectivity index (χ1) is 22.2. The molecule has 1 saturated carbocycles. The molecule has 0 spiro atoms. The van der Waals surface area contributed by atoms with Gasteiger partial charge in [0.15, 0.2) is 5.78 Å². The number of allylic oxidation sites excluding steroid dienone is 2. The Bertz CT molecular complexity index is 1780. The number of hydrogen-bond acceptors (Lipinski definition) is 7. The quantitative estimate of drug-likeness (QED) is 0.232. The van der Waals surface area contributed by atoms with Crippen LogP contribution in [-0.4, -0.2) is 47.7 Å². The number of carbonyl (C=O) groups excluding carboxylic acids is 5. The number of nitrogens with zero attached hydrogens (tertiary/aromatic N) is 2. The van der Waals surface area contributed by atoms with E-state index in [-0.39, 0.29) is 49.0 Å². The van der Waals surface area contributed by atoms with Crippen molar-refractivity contribution in [2.75, 3.05) is 23.0 Å². The zero-order chi connectivity index (χ0) is 32.3. The summed E-state index contributed by atoms with van der Waals surface area (Å²) in [4.78, 5) is 71.1. The van der Waals surface area contributed by atoms with Crippen molar-refractivity contribution in [3.63, 3.8) is 0 Å². The molecule has 1 N–H and O–H groups in total. The molecule has 4 aliphatic rings. The molecule has 234 valence electrons. The predicted molar refractivity (Wildman–Crippen MR) is 169 cm³/mol. The van der Waals surface area contributed by atoms with Gasteiger partial charge < -0.3 is 9.84 Å². The van der Waals surface area contributed by atoms with E-state index in [0.29, 0.717) is 29.1 Å². The fourth-order valence-corrected chi connectivity index (χ4v) is 8.24. The van der Waals surface area contributed by atoms with Crippen molar-refractivity contribution in [1.29, 1.82) is 0 Å². The van der Waals surface area contributed by atoms with Crippen LogP contribution >= 0.6 is 0 Å². The van der Waals surface area contributed by atoms with Gasteiger partial charge in [-0.05, 0) is 86.7 Å². The third kappa shape index (κ3) is 4.36. The van der Waals surface area contributed by atoms with Crippen molar-refractivity contribution in [1.82, 2.24) is 0 Å². The maximum Gasteiger partial charge on any atom is 0.241 e. The molecule has 2 saturated heterocycles. The lowest BCUT2D eigenvalue weighted by Gasteiger charge is -2.49. The van der Waals surface area contributed by atoms with Crippen molar-refractivity contribution < 1.29 is 33.8 Å². The fraction of sp³-hybridized carbons (Fsp3) is 0.324. The van der Waals surface area contributed by atoms with Gasteiger partial charge in [-0.15, -0.1) is 0 Å². The molecular weight excluding hydrogens is 584 g/mol. The average molecular weight is 619 g/mol. The van der Waals surface area contributed by atoms with Gasteiger partial charge in [-0.3, -0.25) is 28.9 Å². The van der Waals surface area contributed by atoms with Crippen molar-refractivity contribution in [3.8, 4) is 5.75 Å². The van der Waals surface area contributed by atoms with Crippen LogP contribution in [-0.2, 0) is 19.2 Å². The highest BCUT2D eigenvalue weighted by Crippen LogP contribution is 2.63. The van der Waals surface area contributed by atoms with Crippen LogP contribution in [0.2, 0.25) is 0 Å². The molecule has 3 fully saturated rings. The minimum atomic E-state index is -1.14. The van der Waals surface area contributed by atoms with E-state index < -0.39 is 35.0 Å². The van der Waals surface area contributed by atoms with Crippen molar-refractivity contribution in [2.24, 2.45) is 29.1 Å². The van der Waals surface area contributed by atoms with Crippen LogP contribution in [0.15, 0.2) is 90.5 Å².